The van der Waals surface area contributed by atoms with Crippen LogP contribution in [0, 0.1) is 0 Å². The number of hydrogen-bond acceptors (Lipinski definition) is 5. The monoisotopic (exact) mass is 415 g/mol. The van der Waals surface area contributed by atoms with Crippen molar-refractivity contribution in [3.05, 3.63) is 70.2 Å². The number of rotatable bonds is 6. The van der Waals surface area contributed by atoms with E-state index in [1.807, 2.05) is 36.6 Å². The molecule has 28 heavy (non-hydrogen) atoms. The van der Waals surface area contributed by atoms with E-state index in [4.69, 9.17) is 16.3 Å². The summed E-state index contributed by atoms with van der Waals surface area (Å²) in [4.78, 5) is 28.6. The zero-order chi connectivity index (χ0) is 19.9. The lowest BCUT2D eigenvalue weighted by atomic mass is 10.2. The Balaban J connectivity index is 1.54. The van der Waals surface area contributed by atoms with Gasteiger partial charge >= 0.3 is 0 Å². The van der Waals surface area contributed by atoms with E-state index in [2.05, 4.69) is 15.8 Å². The molecule has 2 aromatic carbocycles. The number of hydrogen-bond donors (Lipinski definition) is 2. The van der Waals surface area contributed by atoms with Gasteiger partial charge in [-0.1, -0.05) is 17.7 Å². The number of ether oxygens (including phenoxy) is 1. The Labute approximate surface area is 171 Å². The molecular formula is C20H18ClN3O3S. The molecule has 0 aliphatic heterocycles. The molecule has 1 aromatic heterocycles. The number of nitrogens with one attached hydrogen (secondary N) is 2. The van der Waals surface area contributed by atoms with Gasteiger partial charge in [-0.15, -0.1) is 11.3 Å². The lowest BCUT2D eigenvalue weighted by Crippen LogP contribution is -2.42. The number of carbonyl (C=O) groups is 2. The van der Waals surface area contributed by atoms with Crippen molar-refractivity contribution in [3.63, 3.8) is 0 Å². The molecule has 2 N–H and O–H groups in total. The maximum absolute atomic E-state index is 12.1. The lowest BCUT2D eigenvalue weighted by molar-refractivity contribution is -0.121. The molecule has 0 atom stereocenters. The molecule has 6 nitrogen and oxygen atoms in total. The fourth-order valence-electron chi connectivity index (χ4n) is 2.42. The Bertz CT molecular complexity index is 973. The molecule has 0 saturated carbocycles. The summed E-state index contributed by atoms with van der Waals surface area (Å²) in [7, 11) is 0. The normalized spacial score (nSPS) is 10.4. The Morgan fingerprint density at radius 2 is 1.93 bits per heavy atom. The number of thiazole rings is 1. The molecule has 144 valence electrons. The Hall–Kier alpha value is -2.90. The van der Waals surface area contributed by atoms with Crippen LogP contribution >= 0.6 is 22.9 Å². The van der Waals surface area contributed by atoms with Crippen LogP contribution < -0.4 is 15.6 Å². The third-order valence-corrected chi connectivity index (χ3v) is 4.88. The maximum Gasteiger partial charge on any atom is 0.269 e. The third-order valence-electron chi connectivity index (χ3n) is 3.71. The summed E-state index contributed by atoms with van der Waals surface area (Å²) in [6, 6.07) is 14.1. The maximum atomic E-state index is 12.1. The summed E-state index contributed by atoms with van der Waals surface area (Å²) in [5.74, 6) is 0.000907. The predicted octanol–water partition coefficient (Wildman–Crippen LogP) is 3.87. The van der Waals surface area contributed by atoms with E-state index in [9.17, 15) is 9.59 Å². The smallest absolute Gasteiger partial charge is 0.269 e. The summed E-state index contributed by atoms with van der Waals surface area (Å²) in [5.41, 5.74) is 6.70. The SMILES string of the molecule is CCOc1ccc(-c2nc(CC(=O)NNC(=O)c3cccc(Cl)c3)cs2)cc1. The third kappa shape index (κ3) is 5.31. The van der Waals surface area contributed by atoms with Gasteiger partial charge < -0.3 is 4.74 Å². The van der Waals surface area contributed by atoms with Crippen molar-refractivity contribution >= 4 is 34.8 Å². The van der Waals surface area contributed by atoms with Crippen molar-refractivity contribution in [3.8, 4) is 16.3 Å². The highest BCUT2D eigenvalue weighted by Crippen LogP contribution is 2.26. The van der Waals surface area contributed by atoms with Crippen LogP contribution in [0.4, 0.5) is 0 Å². The molecule has 3 rings (SSSR count). The quantitative estimate of drug-likeness (QED) is 0.599. The molecule has 0 radical (unpaired) electrons. The average molecular weight is 416 g/mol. The summed E-state index contributed by atoms with van der Waals surface area (Å²) in [5, 5.41) is 3.08. The first-order chi connectivity index (χ1) is 13.5. The Morgan fingerprint density at radius 1 is 1.14 bits per heavy atom. The second-order valence-corrected chi connectivity index (χ2v) is 7.09. The fraction of sp³-hybridized carbons (Fsp3) is 0.150. The van der Waals surface area contributed by atoms with E-state index in [-0.39, 0.29) is 12.3 Å². The molecule has 0 bridgehead atoms. The molecule has 0 saturated heterocycles. The van der Waals surface area contributed by atoms with Gasteiger partial charge in [-0.25, -0.2) is 4.98 Å². The van der Waals surface area contributed by atoms with Gasteiger partial charge in [-0.05, 0) is 49.4 Å². The minimum absolute atomic E-state index is 0.0589. The molecule has 8 heteroatoms. The van der Waals surface area contributed by atoms with Gasteiger partial charge in [0.2, 0.25) is 5.91 Å². The van der Waals surface area contributed by atoms with Gasteiger partial charge in [0.1, 0.15) is 10.8 Å². The first-order valence-electron chi connectivity index (χ1n) is 8.57. The van der Waals surface area contributed by atoms with Crippen molar-refractivity contribution in [2.75, 3.05) is 6.61 Å². The van der Waals surface area contributed by atoms with E-state index >= 15 is 0 Å². The highest BCUT2D eigenvalue weighted by atomic mass is 35.5. The summed E-state index contributed by atoms with van der Waals surface area (Å²) >= 11 is 7.31. The Kier molecular flexibility index (Phi) is 6.62. The molecule has 3 aromatic rings. The van der Waals surface area contributed by atoms with Crippen molar-refractivity contribution in [2.45, 2.75) is 13.3 Å². The number of nitrogens with zero attached hydrogens (tertiary/aromatic N) is 1. The minimum Gasteiger partial charge on any atom is -0.494 e. The molecule has 0 fully saturated rings. The van der Waals surface area contributed by atoms with Crippen molar-refractivity contribution < 1.29 is 14.3 Å². The number of halogens is 1. The van der Waals surface area contributed by atoms with Gasteiger partial charge in [0.25, 0.3) is 5.91 Å². The molecule has 0 aliphatic carbocycles. The molecule has 1 heterocycles. The first-order valence-corrected chi connectivity index (χ1v) is 9.83. The molecule has 0 spiro atoms. The van der Waals surface area contributed by atoms with E-state index in [0.29, 0.717) is 22.9 Å². The first kappa shape index (κ1) is 19.9. The lowest BCUT2D eigenvalue weighted by Gasteiger charge is -2.06. The van der Waals surface area contributed by atoms with Crippen LogP contribution in [0.1, 0.15) is 23.0 Å². The second-order valence-electron chi connectivity index (χ2n) is 5.79. The zero-order valence-corrected chi connectivity index (χ0v) is 16.6. The predicted molar refractivity (Wildman–Crippen MR) is 109 cm³/mol. The number of hydrazine groups is 1. The second kappa shape index (κ2) is 9.34. The summed E-state index contributed by atoms with van der Waals surface area (Å²) < 4.78 is 5.43. The van der Waals surface area contributed by atoms with Crippen LogP contribution in [0.15, 0.2) is 53.9 Å². The largest absolute Gasteiger partial charge is 0.494 e. The average Bonchev–Trinajstić information content (AvgIpc) is 3.15. The van der Waals surface area contributed by atoms with Crippen LogP contribution in [0.5, 0.6) is 5.75 Å². The van der Waals surface area contributed by atoms with Crippen LogP contribution in [0.3, 0.4) is 0 Å². The van der Waals surface area contributed by atoms with E-state index in [0.717, 1.165) is 16.3 Å². The molecular weight excluding hydrogens is 398 g/mol. The molecule has 0 unspecified atom stereocenters. The van der Waals surface area contributed by atoms with E-state index < -0.39 is 5.91 Å². The topological polar surface area (TPSA) is 80.3 Å². The minimum atomic E-state index is -0.441. The van der Waals surface area contributed by atoms with Gasteiger partial charge in [-0.3, -0.25) is 20.4 Å². The Morgan fingerprint density at radius 3 is 2.64 bits per heavy atom. The number of amides is 2. The van der Waals surface area contributed by atoms with Crippen molar-refractivity contribution in [1.29, 1.82) is 0 Å². The molecule has 2 amide bonds. The van der Waals surface area contributed by atoms with Crippen molar-refractivity contribution in [1.82, 2.24) is 15.8 Å². The highest BCUT2D eigenvalue weighted by Gasteiger charge is 2.11. The van der Waals surface area contributed by atoms with Gasteiger partial charge in [0.15, 0.2) is 0 Å². The van der Waals surface area contributed by atoms with Crippen LogP contribution in [-0.2, 0) is 11.2 Å². The number of aromatic nitrogens is 1. The van der Waals surface area contributed by atoms with Gasteiger partial charge in [-0.2, -0.15) is 0 Å². The van der Waals surface area contributed by atoms with Crippen molar-refractivity contribution in [2.24, 2.45) is 0 Å². The van der Waals surface area contributed by atoms with Gasteiger partial charge in [0.05, 0.1) is 18.7 Å². The van der Waals surface area contributed by atoms with Crippen LogP contribution in [0.25, 0.3) is 10.6 Å². The number of carbonyl (C=O) groups excluding carboxylic acids is 2. The van der Waals surface area contributed by atoms with Crippen LogP contribution in [-0.4, -0.2) is 23.4 Å². The fourth-order valence-corrected chi connectivity index (χ4v) is 3.43. The summed E-state index contributed by atoms with van der Waals surface area (Å²) in [6.07, 6.45) is 0.0589. The molecule has 0 aliphatic rings. The van der Waals surface area contributed by atoms with Gasteiger partial charge in [0, 0.05) is 21.5 Å². The summed E-state index contributed by atoms with van der Waals surface area (Å²) in [6.45, 7) is 2.55. The van der Waals surface area contributed by atoms with Crippen LogP contribution in [0.2, 0.25) is 5.02 Å². The highest BCUT2D eigenvalue weighted by molar-refractivity contribution is 7.13. The van der Waals surface area contributed by atoms with E-state index in [1.54, 1.807) is 18.2 Å². The van der Waals surface area contributed by atoms with E-state index in [1.165, 1.54) is 17.4 Å². The number of benzene rings is 2. The zero-order valence-electron chi connectivity index (χ0n) is 15.1. The standard InChI is InChI=1S/C20H18ClN3O3S/c1-2-27-17-8-6-13(7-9-17)20-22-16(12-28-20)11-18(25)23-24-19(26)14-4-3-5-15(21)10-14/h3-10,12H,2,11H2,1H3,(H,23,25)(H,24,26).